The molecule has 0 atom stereocenters. The summed E-state index contributed by atoms with van der Waals surface area (Å²) in [5.74, 6) is 1.69. The van der Waals surface area contributed by atoms with Gasteiger partial charge in [-0.05, 0) is 6.26 Å². The zero-order chi connectivity index (χ0) is 7.94. The van der Waals surface area contributed by atoms with Crippen molar-refractivity contribution in [3.05, 3.63) is 18.7 Å². The number of aromatic nitrogens is 2. The van der Waals surface area contributed by atoms with Gasteiger partial charge in [-0.25, -0.2) is 9.97 Å². The fourth-order valence-corrected chi connectivity index (χ4v) is 0.819. The van der Waals surface area contributed by atoms with Crippen molar-refractivity contribution in [1.29, 1.82) is 0 Å². The number of thioether (sulfide) groups is 1. The van der Waals surface area contributed by atoms with E-state index in [4.69, 9.17) is 4.74 Å². The minimum absolute atomic E-state index is 0.703. The Morgan fingerprint density at radius 1 is 1.55 bits per heavy atom. The summed E-state index contributed by atoms with van der Waals surface area (Å²) in [4.78, 5) is 7.39. The zero-order valence-electron chi connectivity index (χ0n) is 6.28. The van der Waals surface area contributed by atoms with Gasteiger partial charge in [0.15, 0.2) is 12.1 Å². The number of hydrogen-bond acceptors (Lipinski definition) is 4. The van der Waals surface area contributed by atoms with Crippen LogP contribution in [0.25, 0.3) is 0 Å². The fourth-order valence-electron chi connectivity index (χ4n) is 0.569. The lowest BCUT2D eigenvalue weighted by Crippen LogP contribution is -1.99. The van der Waals surface area contributed by atoms with Gasteiger partial charge in [-0.2, -0.15) is 11.8 Å². The Hall–Kier alpha value is -0.770. The normalized spacial score (nSPS) is 9.55. The Morgan fingerprint density at radius 2 is 2.27 bits per heavy atom. The average Bonchev–Trinajstić information content (AvgIpc) is 2.07. The maximum atomic E-state index is 5.28. The van der Waals surface area contributed by atoms with Crippen LogP contribution in [0.2, 0.25) is 0 Å². The van der Waals surface area contributed by atoms with Crippen LogP contribution in [0.15, 0.2) is 12.4 Å². The summed E-state index contributed by atoms with van der Waals surface area (Å²) in [5.41, 5.74) is 0. The summed E-state index contributed by atoms with van der Waals surface area (Å²) in [7, 11) is 0. The monoisotopic (exact) mass is 169 g/mol. The first-order valence-corrected chi connectivity index (χ1v) is 4.62. The second kappa shape index (κ2) is 4.96. The van der Waals surface area contributed by atoms with Crippen LogP contribution in [0.1, 0.15) is 0 Å². The van der Waals surface area contributed by atoms with Crippen LogP contribution in [0, 0.1) is 6.33 Å². The summed E-state index contributed by atoms with van der Waals surface area (Å²) in [5, 5.41) is 0. The molecule has 0 aliphatic carbocycles. The van der Waals surface area contributed by atoms with E-state index in [1.54, 1.807) is 24.2 Å². The molecule has 0 saturated heterocycles. The largest absolute Gasteiger partial charge is 0.489 e. The van der Waals surface area contributed by atoms with Crippen LogP contribution in [-0.4, -0.2) is 28.6 Å². The maximum Gasteiger partial charge on any atom is 0.197 e. The van der Waals surface area contributed by atoms with Crippen molar-refractivity contribution in [2.24, 2.45) is 0 Å². The van der Waals surface area contributed by atoms with Crippen molar-refractivity contribution in [2.45, 2.75) is 0 Å². The quantitative estimate of drug-likeness (QED) is 0.630. The van der Waals surface area contributed by atoms with Gasteiger partial charge in [0.05, 0.1) is 19.0 Å². The molecule has 59 valence electrons. The third-order valence-electron chi connectivity index (χ3n) is 1.06. The van der Waals surface area contributed by atoms with Crippen LogP contribution >= 0.6 is 11.8 Å². The molecule has 1 aromatic rings. The molecule has 1 radical (unpaired) electrons. The molecular weight excluding hydrogens is 160 g/mol. The van der Waals surface area contributed by atoms with Gasteiger partial charge in [0.1, 0.15) is 0 Å². The van der Waals surface area contributed by atoms with Crippen molar-refractivity contribution in [3.8, 4) is 5.75 Å². The van der Waals surface area contributed by atoms with Gasteiger partial charge in [0.2, 0.25) is 0 Å². The maximum absolute atomic E-state index is 5.28. The molecular formula is C7H9N2OS. The molecule has 1 rings (SSSR count). The lowest BCUT2D eigenvalue weighted by atomic mass is 10.6. The van der Waals surface area contributed by atoms with E-state index in [1.165, 1.54) is 0 Å². The highest BCUT2D eigenvalue weighted by molar-refractivity contribution is 7.98. The topological polar surface area (TPSA) is 35.0 Å². The molecule has 4 heteroatoms. The molecule has 0 saturated carbocycles. The molecule has 0 aliphatic heterocycles. The van der Waals surface area contributed by atoms with Crippen molar-refractivity contribution >= 4 is 11.8 Å². The molecule has 0 amide bonds. The van der Waals surface area contributed by atoms with Gasteiger partial charge >= 0.3 is 0 Å². The molecule has 3 nitrogen and oxygen atoms in total. The molecule has 0 aliphatic rings. The van der Waals surface area contributed by atoms with Gasteiger partial charge in [-0.3, -0.25) is 0 Å². The van der Waals surface area contributed by atoms with Gasteiger partial charge in [-0.1, -0.05) is 0 Å². The summed E-state index contributed by atoms with van der Waals surface area (Å²) < 4.78 is 5.28. The minimum Gasteiger partial charge on any atom is -0.489 e. The van der Waals surface area contributed by atoms with E-state index in [1.807, 2.05) is 6.26 Å². The van der Waals surface area contributed by atoms with E-state index >= 15 is 0 Å². The summed E-state index contributed by atoms with van der Waals surface area (Å²) in [6.07, 6.45) is 7.69. The van der Waals surface area contributed by atoms with Crippen LogP contribution in [-0.2, 0) is 0 Å². The average molecular weight is 169 g/mol. The van der Waals surface area contributed by atoms with Crippen molar-refractivity contribution in [1.82, 2.24) is 9.97 Å². The first kappa shape index (κ1) is 8.33. The SMILES string of the molecule is CSCCOc1cn[c]nc1. The van der Waals surface area contributed by atoms with Gasteiger partial charge in [-0.15, -0.1) is 0 Å². The molecule has 0 N–H and O–H groups in total. The van der Waals surface area contributed by atoms with Gasteiger partial charge < -0.3 is 4.74 Å². The molecule has 11 heavy (non-hydrogen) atoms. The highest BCUT2D eigenvalue weighted by Crippen LogP contribution is 2.04. The van der Waals surface area contributed by atoms with Crippen LogP contribution in [0.4, 0.5) is 0 Å². The first-order chi connectivity index (χ1) is 5.43. The molecule has 0 spiro atoms. The van der Waals surface area contributed by atoms with E-state index < -0.39 is 0 Å². The summed E-state index contributed by atoms with van der Waals surface area (Å²) in [6, 6.07) is 0. The standard InChI is InChI=1S/C7H9N2OS/c1-11-3-2-10-7-4-8-6-9-5-7/h4-5H,2-3H2,1H3. The number of hydrogen-bond donors (Lipinski definition) is 0. The Bertz CT molecular complexity index is 193. The van der Waals surface area contributed by atoms with Crippen LogP contribution in [0.5, 0.6) is 5.75 Å². The van der Waals surface area contributed by atoms with Crippen molar-refractivity contribution in [3.63, 3.8) is 0 Å². The second-order valence-corrected chi connectivity index (χ2v) is 2.85. The predicted molar refractivity (Wildman–Crippen MR) is 44.7 cm³/mol. The lowest BCUT2D eigenvalue weighted by molar-refractivity contribution is 0.341. The molecule has 0 fully saturated rings. The number of rotatable bonds is 4. The van der Waals surface area contributed by atoms with E-state index in [-0.39, 0.29) is 0 Å². The zero-order valence-corrected chi connectivity index (χ0v) is 7.10. The molecule has 1 heterocycles. The Balaban J connectivity index is 2.28. The Labute approximate surface area is 70.2 Å². The highest BCUT2D eigenvalue weighted by Gasteiger charge is 1.90. The minimum atomic E-state index is 0.703. The Morgan fingerprint density at radius 3 is 2.91 bits per heavy atom. The van der Waals surface area contributed by atoms with E-state index in [2.05, 4.69) is 16.3 Å². The van der Waals surface area contributed by atoms with Gasteiger partial charge in [0.25, 0.3) is 0 Å². The smallest absolute Gasteiger partial charge is 0.197 e. The second-order valence-electron chi connectivity index (χ2n) is 1.86. The van der Waals surface area contributed by atoms with Crippen LogP contribution < -0.4 is 4.74 Å². The molecule has 0 unspecified atom stereocenters. The third kappa shape index (κ3) is 3.23. The number of nitrogens with zero attached hydrogens (tertiary/aromatic N) is 2. The first-order valence-electron chi connectivity index (χ1n) is 3.23. The van der Waals surface area contributed by atoms with Crippen LogP contribution in [0.3, 0.4) is 0 Å². The predicted octanol–water partition coefficient (Wildman–Crippen LogP) is 1.02. The highest BCUT2D eigenvalue weighted by atomic mass is 32.2. The number of ether oxygens (including phenoxy) is 1. The summed E-state index contributed by atoms with van der Waals surface area (Å²) >= 11 is 1.75. The molecule has 1 aromatic heterocycles. The summed E-state index contributed by atoms with van der Waals surface area (Å²) in [6.45, 7) is 0.703. The molecule has 0 bridgehead atoms. The van der Waals surface area contributed by atoms with E-state index in [0.29, 0.717) is 12.4 Å². The Kier molecular flexibility index (Phi) is 3.75. The van der Waals surface area contributed by atoms with E-state index in [0.717, 1.165) is 5.75 Å². The van der Waals surface area contributed by atoms with Crippen molar-refractivity contribution in [2.75, 3.05) is 18.6 Å². The fraction of sp³-hybridized carbons (Fsp3) is 0.429. The van der Waals surface area contributed by atoms with Crippen molar-refractivity contribution < 1.29 is 4.74 Å². The lowest BCUT2D eigenvalue weighted by Gasteiger charge is -2.01. The third-order valence-corrected chi connectivity index (χ3v) is 1.63. The van der Waals surface area contributed by atoms with E-state index in [9.17, 15) is 0 Å². The molecule has 0 aromatic carbocycles. The van der Waals surface area contributed by atoms with Gasteiger partial charge in [0, 0.05) is 5.75 Å².